The number of rotatable bonds is 0. The minimum Gasteiger partial charge on any atom is -0.364 e. The van der Waals surface area contributed by atoms with Crippen molar-refractivity contribution in [1.29, 1.82) is 0 Å². The van der Waals surface area contributed by atoms with Gasteiger partial charge in [0.25, 0.3) is 0 Å². The van der Waals surface area contributed by atoms with Crippen LogP contribution in [0.15, 0.2) is 22.7 Å². The average Bonchev–Trinajstić information content (AvgIpc) is 2.14. The maximum Gasteiger partial charge on any atom is 0.247 e. The Morgan fingerprint density at radius 2 is 1.88 bits per heavy atom. The standard InChI is InChI=1S/C13H17BrN2O/c1-13(2,3)16-11-7-9(14)5-6-10(11)15(4)8-12(16)17/h5-7H,8H2,1-4H3. The van der Waals surface area contributed by atoms with Crippen molar-refractivity contribution in [3.63, 3.8) is 0 Å². The highest BCUT2D eigenvalue weighted by atomic mass is 79.9. The summed E-state index contributed by atoms with van der Waals surface area (Å²) in [4.78, 5) is 16.1. The largest absolute Gasteiger partial charge is 0.364 e. The van der Waals surface area contributed by atoms with Crippen LogP contribution in [0.25, 0.3) is 0 Å². The van der Waals surface area contributed by atoms with Crippen molar-refractivity contribution in [3.05, 3.63) is 22.7 Å². The third kappa shape index (κ3) is 2.18. The molecule has 0 atom stereocenters. The van der Waals surface area contributed by atoms with Crippen molar-refractivity contribution < 1.29 is 4.79 Å². The molecule has 1 amide bonds. The lowest BCUT2D eigenvalue weighted by Crippen LogP contribution is -2.53. The molecular weight excluding hydrogens is 280 g/mol. The van der Waals surface area contributed by atoms with Gasteiger partial charge in [-0.1, -0.05) is 15.9 Å². The fourth-order valence-electron chi connectivity index (χ4n) is 2.23. The Morgan fingerprint density at radius 3 is 2.47 bits per heavy atom. The number of benzene rings is 1. The van der Waals surface area contributed by atoms with Crippen molar-refractivity contribution in [2.45, 2.75) is 26.3 Å². The summed E-state index contributed by atoms with van der Waals surface area (Å²) in [5, 5.41) is 0. The molecule has 17 heavy (non-hydrogen) atoms. The zero-order valence-electron chi connectivity index (χ0n) is 10.6. The number of hydrogen-bond acceptors (Lipinski definition) is 2. The lowest BCUT2D eigenvalue weighted by molar-refractivity contribution is -0.118. The monoisotopic (exact) mass is 296 g/mol. The van der Waals surface area contributed by atoms with Crippen LogP contribution in [0, 0.1) is 0 Å². The van der Waals surface area contributed by atoms with Gasteiger partial charge in [0.05, 0.1) is 17.9 Å². The molecule has 1 aromatic carbocycles. The first-order valence-corrected chi connectivity index (χ1v) is 6.44. The van der Waals surface area contributed by atoms with E-state index in [1.165, 1.54) is 0 Å². The summed E-state index contributed by atoms with van der Waals surface area (Å²) in [5.74, 6) is 0.144. The number of halogens is 1. The first-order chi connectivity index (χ1) is 7.80. The molecule has 0 N–H and O–H groups in total. The Balaban J connectivity index is 2.60. The summed E-state index contributed by atoms with van der Waals surface area (Å²) in [6, 6.07) is 6.06. The van der Waals surface area contributed by atoms with Gasteiger partial charge in [-0.15, -0.1) is 0 Å². The maximum atomic E-state index is 12.2. The van der Waals surface area contributed by atoms with Gasteiger partial charge in [-0.2, -0.15) is 0 Å². The molecular formula is C13H17BrN2O. The minimum atomic E-state index is -0.201. The van der Waals surface area contributed by atoms with Crippen LogP contribution in [0.5, 0.6) is 0 Å². The summed E-state index contributed by atoms with van der Waals surface area (Å²) >= 11 is 3.47. The molecule has 1 aliphatic rings. The quantitative estimate of drug-likeness (QED) is 0.735. The normalized spacial score (nSPS) is 16.2. The number of amides is 1. The maximum absolute atomic E-state index is 12.2. The number of carbonyl (C=O) groups is 1. The second kappa shape index (κ2) is 4.02. The van der Waals surface area contributed by atoms with Gasteiger partial charge >= 0.3 is 0 Å². The van der Waals surface area contributed by atoms with Crippen LogP contribution in [0.1, 0.15) is 20.8 Å². The summed E-state index contributed by atoms with van der Waals surface area (Å²) < 4.78 is 0.994. The van der Waals surface area contributed by atoms with Crippen LogP contribution >= 0.6 is 15.9 Å². The van der Waals surface area contributed by atoms with E-state index in [0.29, 0.717) is 6.54 Å². The van der Waals surface area contributed by atoms with Crippen LogP contribution in [0.3, 0.4) is 0 Å². The van der Waals surface area contributed by atoms with E-state index < -0.39 is 0 Å². The van der Waals surface area contributed by atoms with E-state index in [9.17, 15) is 4.79 Å². The van der Waals surface area contributed by atoms with Crippen molar-refractivity contribution in [3.8, 4) is 0 Å². The molecule has 0 unspecified atom stereocenters. The van der Waals surface area contributed by atoms with Gasteiger partial charge in [0.2, 0.25) is 5.91 Å². The number of likely N-dealkylation sites (N-methyl/N-ethyl adjacent to an activating group) is 1. The Bertz CT molecular complexity index is 465. The molecule has 0 aromatic heterocycles. The third-order valence-corrected chi connectivity index (χ3v) is 3.38. The highest BCUT2D eigenvalue weighted by Gasteiger charge is 2.34. The predicted molar refractivity (Wildman–Crippen MR) is 74.7 cm³/mol. The van der Waals surface area contributed by atoms with Gasteiger partial charge in [-0.3, -0.25) is 4.79 Å². The predicted octanol–water partition coefficient (Wildman–Crippen LogP) is 3.03. The molecule has 92 valence electrons. The van der Waals surface area contributed by atoms with E-state index >= 15 is 0 Å². The van der Waals surface area contributed by atoms with Crippen molar-refractivity contribution in [2.24, 2.45) is 0 Å². The Labute approximate surface area is 111 Å². The molecule has 0 saturated carbocycles. The van der Waals surface area contributed by atoms with Crippen LogP contribution in [0.2, 0.25) is 0 Å². The van der Waals surface area contributed by atoms with E-state index in [2.05, 4.69) is 36.7 Å². The lowest BCUT2D eigenvalue weighted by atomic mass is 10.0. The Kier molecular flexibility index (Phi) is 2.94. The molecule has 0 aliphatic carbocycles. The molecule has 0 saturated heterocycles. The SMILES string of the molecule is CN1CC(=O)N(C(C)(C)C)c2cc(Br)ccc21. The summed E-state index contributed by atoms with van der Waals surface area (Å²) in [6.45, 7) is 6.61. The number of fused-ring (bicyclic) bond motifs is 1. The van der Waals surface area contributed by atoms with Gasteiger partial charge in [-0.25, -0.2) is 0 Å². The summed E-state index contributed by atoms with van der Waals surface area (Å²) in [7, 11) is 1.95. The van der Waals surface area contributed by atoms with E-state index in [0.717, 1.165) is 15.8 Å². The van der Waals surface area contributed by atoms with Crippen LogP contribution in [-0.2, 0) is 4.79 Å². The second-order valence-electron chi connectivity index (χ2n) is 5.39. The van der Waals surface area contributed by atoms with E-state index in [1.54, 1.807) is 0 Å². The fraction of sp³-hybridized carbons (Fsp3) is 0.462. The van der Waals surface area contributed by atoms with Crippen LogP contribution in [-0.4, -0.2) is 25.0 Å². The smallest absolute Gasteiger partial charge is 0.247 e. The van der Waals surface area contributed by atoms with E-state index in [4.69, 9.17) is 0 Å². The van der Waals surface area contributed by atoms with Gasteiger partial charge in [0, 0.05) is 17.1 Å². The zero-order valence-corrected chi connectivity index (χ0v) is 12.2. The fourth-order valence-corrected chi connectivity index (χ4v) is 2.58. The number of carbonyl (C=O) groups excluding carboxylic acids is 1. The first-order valence-electron chi connectivity index (χ1n) is 5.64. The van der Waals surface area contributed by atoms with Gasteiger partial charge in [0.15, 0.2) is 0 Å². The van der Waals surface area contributed by atoms with E-state index in [-0.39, 0.29) is 11.4 Å². The third-order valence-electron chi connectivity index (χ3n) is 2.88. The average molecular weight is 297 g/mol. The molecule has 1 aliphatic heterocycles. The van der Waals surface area contributed by atoms with Gasteiger partial charge in [-0.05, 0) is 39.0 Å². The van der Waals surface area contributed by atoms with Crippen molar-refractivity contribution in [2.75, 3.05) is 23.4 Å². The Hall–Kier alpha value is -1.03. The molecule has 1 aromatic rings. The number of nitrogens with zero attached hydrogens (tertiary/aromatic N) is 2. The molecule has 0 spiro atoms. The van der Waals surface area contributed by atoms with Crippen molar-refractivity contribution >= 4 is 33.2 Å². The number of hydrogen-bond donors (Lipinski definition) is 0. The van der Waals surface area contributed by atoms with Crippen LogP contribution in [0.4, 0.5) is 11.4 Å². The molecule has 4 heteroatoms. The van der Waals surface area contributed by atoms with Crippen molar-refractivity contribution in [1.82, 2.24) is 0 Å². The topological polar surface area (TPSA) is 23.6 Å². The van der Waals surface area contributed by atoms with Crippen LogP contribution < -0.4 is 9.80 Å². The summed E-state index contributed by atoms with van der Waals surface area (Å²) in [5.41, 5.74) is 1.88. The van der Waals surface area contributed by atoms with Gasteiger partial charge < -0.3 is 9.80 Å². The zero-order chi connectivity index (χ0) is 12.8. The van der Waals surface area contributed by atoms with E-state index in [1.807, 2.05) is 35.0 Å². The lowest BCUT2D eigenvalue weighted by Gasteiger charge is -2.42. The minimum absolute atomic E-state index is 0.144. The molecule has 0 radical (unpaired) electrons. The molecule has 0 bridgehead atoms. The molecule has 2 rings (SSSR count). The number of anilines is 2. The molecule has 0 fully saturated rings. The first kappa shape index (κ1) is 12.4. The second-order valence-corrected chi connectivity index (χ2v) is 6.30. The van der Waals surface area contributed by atoms with Gasteiger partial charge in [0.1, 0.15) is 0 Å². The highest BCUT2D eigenvalue weighted by Crippen LogP contribution is 2.38. The molecule has 3 nitrogen and oxygen atoms in total. The Morgan fingerprint density at radius 1 is 1.24 bits per heavy atom. The summed E-state index contributed by atoms with van der Waals surface area (Å²) in [6.07, 6.45) is 0. The molecule has 1 heterocycles. The highest BCUT2D eigenvalue weighted by molar-refractivity contribution is 9.10.